The third-order valence-corrected chi connectivity index (χ3v) is 3.17. The van der Waals surface area contributed by atoms with Crippen LogP contribution in [0, 0.1) is 0 Å². The molecule has 0 spiro atoms. The van der Waals surface area contributed by atoms with Gasteiger partial charge >= 0.3 is 5.97 Å². The summed E-state index contributed by atoms with van der Waals surface area (Å²) >= 11 is 0. The second-order valence-corrected chi connectivity index (χ2v) is 5.72. The van der Waals surface area contributed by atoms with E-state index in [2.05, 4.69) is 46.2 Å². The van der Waals surface area contributed by atoms with E-state index in [-0.39, 0.29) is 17.6 Å². The number of rotatable bonds is 6. The number of esters is 1. The van der Waals surface area contributed by atoms with Gasteiger partial charge in [0.15, 0.2) is 0 Å². The number of ether oxygens (including phenoxy) is 1. The van der Waals surface area contributed by atoms with Crippen molar-refractivity contribution in [3.63, 3.8) is 0 Å². The van der Waals surface area contributed by atoms with Crippen molar-refractivity contribution in [3.8, 4) is 0 Å². The maximum absolute atomic E-state index is 11.4. The topological polar surface area (TPSA) is 29.5 Å². The van der Waals surface area contributed by atoms with E-state index in [0.29, 0.717) is 11.6 Å². The lowest BCUT2D eigenvalue weighted by Crippen LogP contribution is -2.47. The fourth-order valence-corrected chi connectivity index (χ4v) is 1.87. The Kier molecular flexibility index (Phi) is 5.89. The molecule has 0 radical (unpaired) electrons. The molecule has 0 aliphatic heterocycles. The summed E-state index contributed by atoms with van der Waals surface area (Å²) < 4.78 is 5.31. The molecule has 17 heavy (non-hydrogen) atoms. The summed E-state index contributed by atoms with van der Waals surface area (Å²) in [5.74, 6) is -0.305. The molecule has 0 saturated heterocycles. The van der Waals surface area contributed by atoms with E-state index in [0.717, 1.165) is 6.42 Å². The molecule has 1 atom stereocenters. The minimum atomic E-state index is -0.305. The molecule has 0 rings (SSSR count). The quantitative estimate of drug-likeness (QED) is 0.529. The van der Waals surface area contributed by atoms with Crippen molar-refractivity contribution in [2.24, 2.45) is 0 Å². The Bertz CT molecular complexity index is 282. The van der Waals surface area contributed by atoms with E-state index in [1.54, 1.807) is 6.92 Å². The second-order valence-electron chi connectivity index (χ2n) is 5.72. The highest BCUT2D eigenvalue weighted by Crippen LogP contribution is 2.22. The molecule has 0 saturated carbocycles. The molecule has 0 bridgehead atoms. The summed E-state index contributed by atoms with van der Waals surface area (Å²) in [5.41, 5.74) is 0.454. The predicted octanol–water partition coefficient (Wildman–Crippen LogP) is 3.00. The van der Waals surface area contributed by atoms with Crippen molar-refractivity contribution in [2.75, 3.05) is 7.05 Å². The van der Waals surface area contributed by atoms with Gasteiger partial charge in [0.25, 0.3) is 0 Å². The minimum absolute atomic E-state index is 0.00291. The van der Waals surface area contributed by atoms with Gasteiger partial charge in [-0.25, -0.2) is 4.79 Å². The van der Waals surface area contributed by atoms with Gasteiger partial charge in [-0.2, -0.15) is 0 Å². The van der Waals surface area contributed by atoms with Crippen LogP contribution in [0.3, 0.4) is 0 Å². The first-order chi connectivity index (χ1) is 7.58. The number of carbonyl (C=O) groups excluding carboxylic acids is 1. The molecule has 0 aromatic carbocycles. The van der Waals surface area contributed by atoms with Crippen molar-refractivity contribution in [3.05, 3.63) is 12.2 Å². The molecule has 0 aliphatic rings. The van der Waals surface area contributed by atoms with Crippen LogP contribution in [0.2, 0.25) is 0 Å². The van der Waals surface area contributed by atoms with Gasteiger partial charge in [-0.15, -0.1) is 0 Å². The highest BCUT2D eigenvalue weighted by Gasteiger charge is 2.28. The molecule has 0 N–H and O–H groups in total. The van der Waals surface area contributed by atoms with Gasteiger partial charge in [-0.3, -0.25) is 4.90 Å². The van der Waals surface area contributed by atoms with Gasteiger partial charge < -0.3 is 4.74 Å². The van der Waals surface area contributed by atoms with E-state index < -0.39 is 0 Å². The van der Waals surface area contributed by atoms with Gasteiger partial charge in [0.1, 0.15) is 6.10 Å². The van der Waals surface area contributed by atoms with Crippen molar-refractivity contribution in [1.29, 1.82) is 0 Å². The fourth-order valence-electron chi connectivity index (χ4n) is 1.87. The minimum Gasteiger partial charge on any atom is -0.459 e. The SMILES string of the molecule is C=C(C)C(=O)OC(C)CC(C)(C)N(C)C(C)C. The molecular formula is C14H27NO2. The third-order valence-electron chi connectivity index (χ3n) is 3.17. The maximum Gasteiger partial charge on any atom is 0.333 e. The summed E-state index contributed by atoms with van der Waals surface area (Å²) in [5, 5.41) is 0. The summed E-state index contributed by atoms with van der Waals surface area (Å²) in [6, 6.07) is 0.467. The Morgan fingerprint density at radius 2 is 1.82 bits per heavy atom. The van der Waals surface area contributed by atoms with E-state index in [1.807, 2.05) is 6.92 Å². The average Bonchev–Trinajstić information content (AvgIpc) is 2.14. The van der Waals surface area contributed by atoms with Gasteiger partial charge in [0.05, 0.1) is 0 Å². The Labute approximate surface area is 106 Å². The number of hydrogen-bond acceptors (Lipinski definition) is 3. The Morgan fingerprint density at radius 1 is 1.35 bits per heavy atom. The molecule has 100 valence electrons. The van der Waals surface area contributed by atoms with Crippen LogP contribution in [0.5, 0.6) is 0 Å². The normalized spacial score (nSPS) is 13.9. The highest BCUT2D eigenvalue weighted by molar-refractivity contribution is 5.87. The van der Waals surface area contributed by atoms with E-state index in [9.17, 15) is 4.79 Å². The van der Waals surface area contributed by atoms with Crippen LogP contribution in [0.15, 0.2) is 12.2 Å². The van der Waals surface area contributed by atoms with Crippen molar-refractivity contribution in [1.82, 2.24) is 4.90 Å². The molecule has 0 heterocycles. The summed E-state index contributed by atoms with van der Waals surface area (Å²) in [4.78, 5) is 13.7. The lowest BCUT2D eigenvalue weighted by atomic mass is 9.94. The van der Waals surface area contributed by atoms with Crippen molar-refractivity contribution in [2.45, 2.75) is 65.6 Å². The molecule has 3 nitrogen and oxygen atoms in total. The van der Waals surface area contributed by atoms with Gasteiger partial charge in [-0.05, 0) is 48.6 Å². The summed E-state index contributed by atoms with van der Waals surface area (Å²) in [6.45, 7) is 15.8. The zero-order chi connectivity index (χ0) is 13.8. The zero-order valence-corrected chi connectivity index (χ0v) is 12.3. The lowest BCUT2D eigenvalue weighted by Gasteiger charge is -2.40. The smallest absolute Gasteiger partial charge is 0.333 e. The Hall–Kier alpha value is -0.830. The van der Waals surface area contributed by atoms with Crippen LogP contribution in [-0.4, -0.2) is 35.6 Å². The second kappa shape index (κ2) is 6.20. The Balaban J connectivity index is 4.41. The molecule has 0 aromatic rings. The van der Waals surface area contributed by atoms with Gasteiger partial charge in [0, 0.05) is 23.6 Å². The number of hydrogen-bond donors (Lipinski definition) is 0. The molecule has 3 heteroatoms. The summed E-state index contributed by atoms with van der Waals surface area (Å²) in [7, 11) is 2.10. The molecule has 1 unspecified atom stereocenters. The largest absolute Gasteiger partial charge is 0.459 e. The first kappa shape index (κ1) is 16.2. The standard InChI is InChI=1S/C14H27NO2/c1-10(2)13(16)17-12(5)9-14(6,7)15(8)11(3)4/h11-12H,1,9H2,2-8H3. The molecule has 0 aromatic heterocycles. The van der Waals surface area contributed by atoms with Gasteiger partial charge in [-0.1, -0.05) is 6.58 Å². The highest BCUT2D eigenvalue weighted by atomic mass is 16.5. The van der Waals surface area contributed by atoms with Crippen LogP contribution in [0.25, 0.3) is 0 Å². The van der Waals surface area contributed by atoms with Crippen LogP contribution in [0.1, 0.15) is 48.0 Å². The summed E-state index contributed by atoms with van der Waals surface area (Å²) in [6.07, 6.45) is 0.705. The first-order valence-corrected chi connectivity index (χ1v) is 6.17. The third kappa shape index (κ3) is 5.35. The van der Waals surface area contributed by atoms with Crippen molar-refractivity contribution < 1.29 is 9.53 Å². The van der Waals surface area contributed by atoms with E-state index >= 15 is 0 Å². The average molecular weight is 241 g/mol. The maximum atomic E-state index is 11.4. The molecule has 0 fully saturated rings. The molecule has 0 aliphatic carbocycles. The van der Waals surface area contributed by atoms with Crippen LogP contribution < -0.4 is 0 Å². The van der Waals surface area contributed by atoms with Crippen molar-refractivity contribution >= 4 is 5.97 Å². The monoisotopic (exact) mass is 241 g/mol. The van der Waals surface area contributed by atoms with Crippen LogP contribution in [-0.2, 0) is 9.53 Å². The van der Waals surface area contributed by atoms with Crippen LogP contribution >= 0.6 is 0 Å². The first-order valence-electron chi connectivity index (χ1n) is 6.17. The number of nitrogens with zero attached hydrogens (tertiary/aromatic N) is 1. The fraction of sp³-hybridized carbons (Fsp3) is 0.786. The predicted molar refractivity (Wildman–Crippen MR) is 72.0 cm³/mol. The zero-order valence-electron chi connectivity index (χ0n) is 12.3. The lowest BCUT2D eigenvalue weighted by molar-refractivity contribution is -0.144. The molecule has 0 amide bonds. The van der Waals surface area contributed by atoms with Crippen LogP contribution in [0.4, 0.5) is 0 Å². The van der Waals surface area contributed by atoms with E-state index in [1.165, 1.54) is 0 Å². The van der Waals surface area contributed by atoms with E-state index in [4.69, 9.17) is 4.74 Å². The number of carbonyl (C=O) groups is 1. The van der Waals surface area contributed by atoms with Gasteiger partial charge in [0.2, 0.25) is 0 Å². The Morgan fingerprint density at radius 3 is 2.18 bits per heavy atom. The molecular weight excluding hydrogens is 214 g/mol.